The summed E-state index contributed by atoms with van der Waals surface area (Å²) in [6, 6.07) is 0.359. The molecule has 2 aliphatic heterocycles. The van der Waals surface area contributed by atoms with Crippen LogP contribution in [-0.4, -0.2) is 78.5 Å². The zero-order chi connectivity index (χ0) is 15.2. The van der Waals surface area contributed by atoms with Gasteiger partial charge in [0.15, 0.2) is 0 Å². The van der Waals surface area contributed by atoms with Crippen molar-refractivity contribution in [1.29, 1.82) is 0 Å². The number of nitrogens with zero attached hydrogens (tertiary/aromatic N) is 3. The molecular formula is C15H28N4O2. The van der Waals surface area contributed by atoms with Crippen molar-refractivity contribution in [2.75, 3.05) is 45.8 Å². The van der Waals surface area contributed by atoms with Gasteiger partial charge >= 0.3 is 6.03 Å². The van der Waals surface area contributed by atoms with Gasteiger partial charge in [0.25, 0.3) is 0 Å². The zero-order valence-corrected chi connectivity index (χ0v) is 13.3. The van der Waals surface area contributed by atoms with Crippen LogP contribution in [0.4, 0.5) is 4.79 Å². The summed E-state index contributed by atoms with van der Waals surface area (Å²) in [7, 11) is 0. The average Bonchev–Trinajstić information content (AvgIpc) is 2.86. The molecule has 0 aromatic rings. The second-order valence-electron chi connectivity index (χ2n) is 5.86. The Morgan fingerprint density at radius 3 is 2.71 bits per heavy atom. The molecule has 0 saturated carbocycles. The molecule has 0 radical (unpaired) electrons. The molecule has 6 nitrogen and oxygen atoms in total. The fourth-order valence-corrected chi connectivity index (χ4v) is 3.29. The first-order valence-electron chi connectivity index (χ1n) is 8.20. The standard InChI is InChI=1S/C15H28N4O2/c1-3-17-8-5-7-13(17)11-16-15(21)19-10-6-9-18(4-2)14(20)12-19/h13H,3-12H2,1-2H3,(H,16,21). The van der Waals surface area contributed by atoms with Gasteiger partial charge < -0.3 is 15.1 Å². The molecule has 0 aliphatic carbocycles. The van der Waals surface area contributed by atoms with Gasteiger partial charge in [-0.3, -0.25) is 9.69 Å². The molecule has 1 N–H and O–H groups in total. The first-order valence-corrected chi connectivity index (χ1v) is 8.20. The Morgan fingerprint density at radius 1 is 1.19 bits per heavy atom. The van der Waals surface area contributed by atoms with Gasteiger partial charge in [0.2, 0.25) is 5.91 Å². The lowest BCUT2D eigenvalue weighted by molar-refractivity contribution is -0.130. The number of carbonyl (C=O) groups is 2. The van der Waals surface area contributed by atoms with Crippen molar-refractivity contribution in [2.45, 2.75) is 39.2 Å². The maximum Gasteiger partial charge on any atom is 0.317 e. The molecule has 2 heterocycles. The van der Waals surface area contributed by atoms with Gasteiger partial charge in [-0.15, -0.1) is 0 Å². The number of urea groups is 1. The predicted molar refractivity (Wildman–Crippen MR) is 82.1 cm³/mol. The third kappa shape index (κ3) is 4.09. The van der Waals surface area contributed by atoms with E-state index in [2.05, 4.69) is 17.1 Å². The van der Waals surface area contributed by atoms with E-state index in [9.17, 15) is 9.59 Å². The zero-order valence-electron chi connectivity index (χ0n) is 13.3. The van der Waals surface area contributed by atoms with Crippen LogP contribution in [0.1, 0.15) is 33.1 Å². The third-order valence-corrected chi connectivity index (χ3v) is 4.60. The molecule has 2 saturated heterocycles. The van der Waals surface area contributed by atoms with Gasteiger partial charge in [-0.1, -0.05) is 6.92 Å². The van der Waals surface area contributed by atoms with Gasteiger partial charge in [-0.2, -0.15) is 0 Å². The summed E-state index contributed by atoms with van der Waals surface area (Å²) < 4.78 is 0. The van der Waals surface area contributed by atoms with E-state index < -0.39 is 0 Å². The Balaban J connectivity index is 1.81. The van der Waals surface area contributed by atoms with Crippen LogP contribution in [0.2, 0.25) is 0 Å². The number of rotatable bonds is 4. The van der Waals surface area contributed by atoms with Crippen molar-refractivity contribution in [3.05, 3.63) is 0 Å². The molecule has 0 spiro atoms. The molecule has 1 unspecified atom stereocenters. The van der Waals surface area contributed by atoms with Gasteiger partial charge in [-0.25, -0.2) is 4.79 Å². The van der Waals surface area contributed by atoms with E-state index in [1.165, 1.54) is 6.42 Å². The van der Waals surface area contributed by atoms with E-state index in [0.717, 1.165) is 39.0 Å². The Labute approximate surface area is 127 Å². The highest BCUT2D eigenvalue weighted by molar-refractivity contribution is 5.84. The van der Waals surface area contributed by atoms with Gasteiger partial charge in [-0.05, 0) is 39.3 Å². The molecule has 21 heavy (non-hydrogen) atoms. The number of hydrogen-bond acceptors (Lipinski definition) is 3. The minimum atomic E-state index is -0.0933. The van der Waals surface area contributed by atoms with E-state index in [4.69, 9.17) is 0 Å². The molecule has 6 heteroatoms. The van der Waals surface area contributed by atoms with Crippen molar-refractivity contribution in [2.24, 2.45) is 0 Å². The lowest BCUT2D eigenvalue weighted by Crippen LogP contribution is -2.47. The molecule has 0 aromatic heterocycles. The first kappa shape index (κ1) is 16.1. The van der Waals surface area contributed by atoms with Gasteiger partial charge in [0, 0.05) is 32.2 Å². The summed E-state index contributed by atoms with van der Waals surface area (Å²) >= 11 is 0. The molecule has 2 fully saturated rings. The molecule has 3 amide bonds. The topological polar surface area (TPSA) is 55.9 Å². The summed E-state index contributed by atoms with van der Waals surface area (Å²) in [6.45, 7) is 9.35. The van der Waals surface area contributed by atoms with Crippen LogP contribution in [0.15, 0.2) is 0 Å². The van der Waals surface area contributed by atoms with E-state index in [1.807, 2.05) is 11.8 Å². The minimum absolute atomic E-state index is 0.0567. The summed E-state index contributed by atoms with van der Waals surface area (Å²) in [5.74, 6) is 0.0567. The maximum absolute atomic E-state index is 12.3. The van der Waals surface area contributed by atoms with Gasteiger partial charge in [0.1, 0.15) is 6.54 Å². The fraction of sp³-hybridized carbons (Fsp3) is 0.867. The van der Waals surface area contributed by atoms with Crippen molar-refractivity contribution >= 4 is 11.9 Å². The quantitative estimate of drug-likeness (QED) is 0.832. The van der Waals surface area contributed by atoms with E-state index in [0.29, 0.717) is 19.1 Å². The van der Waals surface area contributed by atoms with Crippen LogP contribution >= 0.6 is 0 Å². The molecule has 0 bridgehead atoms. The van der Waals surface area contributed by atoms with Crippen molar-refractivity contribution in [3.63, 3.8) is 0 Å². The van der Waals surface area contributed by atoms with Crippen LogP contribution in [0, 0.1) is 0 Å². The lowest BCUT2D eigenvalue weighted by atomic mass is 10.2. The number of amides is 3. The van der Waals surface area contributed by atoms with E-state index >= 15 is 0 Å². The van der Waals surface area contributed by atoms with Crippen molar-refractivity contribution in [1.82, 2.24) is 20.0 Å². The van der Waals surface area contributed by atoms with E-state index in [1.54, 1.807) is 4.90 Å². The molecule has 0 aromatic carbocycles. The number of hydrogen-bond donors (Lipinski definition) is 1. The molecule has 120 valence electrons. The highest BCUT2D eigenvalue weighted by Gasteiger charge is 2.26. The Hall–Kier alpha value is -1.30. The molecule has 1 atom stereocenters. The molecule has 2 aliphatic rings. The first-order chi connectivity index (χ1) is 10.2. The Bertz CT molecular complexity index is 375. The largest absolute Gasteiger partial charge is 0.341 e. The van der Waals surface area contributed by atoms with Crippen LogP contribution in [-0.2, 0) is 4.79 Å². The second-order valence-corrected chi connectivity index (χ2v) is 5.86. The Morgan fingerprint density at radius 2 is 2.00 bits per heavy atom. The monoisotopic (exact) mass is 296 g/mol. The summed E-state index contributed by atoms with van der Waals surface area (Å²) in [6.07, 6.45) is 3.22. The second kappa shape index (κ2) is 7.64. The molecular weight excluding hydrogens is 268 g/mol. The van der Waals surface area contributed by atoms with Crippen LogP contribution in [0.3, 0.4) is 0 Å². The summed E-state index contributed by atoms with van der Waals surface area (Å²) in [5.41, 5.74) is 0. The van der Waals surface area contributed by atoms with Crippen molar-refractivity contribution < 1.29 is 9.59 Å². The lowest BCUT2D eigenvalue weighted by Gasteiger charge is -2.25. The highest BCUT2D eigenvalue weighted by atomic mass is 16.2. The van der Waals surface area contributed by atoms with Crippen molar-refractivity contribution in [3.8, 4) is 0 Å². The normalized spacial score (nSPS) is 24.3. The maximum atomic E-state index is 12.3. The number of likely N-dealkylation sites (N-methyl/N-ethyl adjacent to an activating group) is 2. The Kier molecular flexibility index (Phi) is 5.85. The highest BCUT2D eigenvalue weighted by Crippen LogP contribution is 2.15. The minimum Gasteiger partial charge on any atom is -0.341 e. The average molecular weight is 296 g/mol. The van der Waals surface area contributed by atoms with E-state index in [-0.39, 0.29) is 18.5 Å². The third-order valence-electron chi connectivity index (χ3n) is 4.60. The summed E-state index contributed by atoms with van der Waals surface area (Å²) in [4.78, 5) is 30.2. The predicted octanol–water partition coefficient (Wildman–Crippen LogP) is 0.735. The fourth-order valence-electron chi connectivity index (χ4n) is 3.29. The number of nitrogens with one attached hydrogen (secondary N) is 1. The smallest absolute Gasteiger partial charge is 0.317 e. The van der Waals surface area contributed by atoms with Crippen LogP contribution < -0.4 is 5.32 Å². The number of likely N-dealkylation sites (tertiary alicyclic amines) is 1. The van der Waals surface area contributed by atoms with Gasteiger partial charge in [0.05, 0.1) is 0 Å². The number of carbonyl (C=O) groups excluding carboxylic acids is 2. The SMILES string of the molecule is CCN1CCCN(C(=O)NCC2CCCN2CC)CC1=O. The summed E-state index contributed by atoms with van der Waals surface area (Å²) in [5, 5.41) is 3.01. The van der Waals surface area contributed by atoms with Crippen LogP contribution in [0.5, 0.6) is 0 Å². The van der Waals surface area contributed by atoms with Crippen LogP contribution in [0.25, 0.3) is 0 Å². The molecule has 2 rings (SSSR count).